The zero-order valence-corrected chi connectivity index (χ0v) is 15.8. The van der Waals surface area contributed by atoms with Crippen molar-refractivity contribution >= 4 is 35.4 Å². The Bertz CT molecular complexity index is 616. The summed E-state index contributed by atoms with van der Waals surface area (Å²) in [6.07, 6.45) is 1.83. The van der Waals surface area contributed by atoms with Crippen LogP contribution in [0.2, 0.25) is 0 Å². The third-order valence-electron chi connectivity index (χ3n) is 4.79. The van der Waals surface area contributed by atoms with Crippen molar-refractivity contribution in [2.45, 2.75) is 48.5 Å². The Morgan fingerprint density at radius 3 is 2.92 bits per heavy atom. The van der Waals surface area contributed by atoms with Crippen molar-refractivity contribution in [1.29, 1.82) is 0 Å². The Morgan fingerprint density at radius 1 is 1.44 bits per heavy atom. The molecule has 1 N–H and O–H groups in total. The van der Waals surface area contributed by atoms with Crippen LogP contribution in [0.5, 0.6) is 0 Å². The summed E-state index contributed by atoms with van der Waals surface area (Å²) in [7, 11) is 1.40. The van der Waals surface area contributed by atoms with Gasteiger partial charge in [-0.1, -0.05) is 30.3 Å². The number of urea groups is 1. The van der Waals surface area contributed by atoms with E-state index in [0.29, 0.717) is 19.4 Å². The monoisotopic (exact) mass is 382 g/mol. The van der Waals surface area contributed by atoms with Gasteiger partial charge < -0.3 is 15.0 Å². The van der Waals surface area contributed by atoms with Gasteiger partial charge in [-0.3, -0.25) is 4.79 Å². The first-order valence-electron chi connectivity index (χ1n) is 8.53. The molecule has 2 aliphatic heterocycles. The summed E-state index contributed by atoms with van der Waals surface area (Å²) in [5.74, 6) is 0.677. The average Bonchev–Trinajstić information content (AvgIpc) is 3.15. The molecule has 7 heteroatoms. The molecule has 2 amide bonds. The summed E-state index contributed by atoms with van der Waals surface area (Å²) in [5, 5.41) is 3.19. The minimum absolute atomic E-state index is 0.0115. The predicted octanol–water partition coefficient (Wildman–Crippen LogP) is 3.02. The zero-order valence-electron chi connectivity index (χ0n) is 14.2. The van der Waals surface area contributed by atoms with E-state index in [1.54, 1.807) is 0 Å². The maximum atomic E-state index is 12.4. The van der Waals surface area contributed by atoms with E-state index in [9.17, 15) is 9.59 Å². The molecule has 1 aromatic carbocycles. The second-order valence-electron chi connectivity index (χ2n) is 6.44. The van der Waals surface area contributed by atoms with Crippen LogP contribution < -0.4 is 5.32 Å². The highest BCUT2D eigenvalue weighted by atomic mass is 35.5. The summed E-state index contributed by atoms with van der Waals surface area (Å²) in [4.78, 5) is 25.6. The molecule has 5 nitrogen and oxygen atoms in total. The first-order chi connectivity index (χ1) is 12.1. The first kappa shape index (κ1) is 18.4. The number of benzene rings is 1. The predicted molar refractivity (Wildman–Crippen MR) is 99.8 cm³/mol. The van der Waals surface area contributed by atoms with Gasteiger partial charge in [-0.2, -0.15) is 11.8 Å². The molecule has 0 aliphatic carbocycles. The van der Waals surface area contributed by atoms with Gasteiger partial charge in [0, 0.05) is 29.3 Å². The Kier molecular flexibility index (Phi) is 6.12. The number of alkyl halides is 1. The number of halogens is 1. The number of methoxy groups -OCH3 is 1. The van der Waals surface area contributed by atoms with Gasteiger partial charge >= 0.3 is 12.0 Å². The highest BCUT2D eigenvalue weighted by Crippen LogP contribution is 2.40. The average molecular weight is 383 g/mol. The van der Waals surface area contributed by atoms with Crippen molar-refractivity contribution in [2.75, 3.05) is 12.9 Å². The largest absolute Gasteiger partial charge is 0.469 e. The van der Waals surface area contributed by atoms with Gasteiger partial charge in [-0.25, -0.2) is 4.79 Å². The summed E-state index contributed by atoms with van der Waals surface area (Å²) in [6.45, 7) is 0.594. The second-order valence-corrected chi connectivity index (χ2v) is 8.21. The van der Waals surface area contributed by atoms with E-state index in [-0.39, 0.29) is 34.7 Å². The fourth-order valence-electron chi connectivity index (χ4n) is 3.52. The van der Waals surface area contributed by atoms with E-state index in [1.165, 1.54) is 7.11 Å². The van der Waals surface area contributed by atoms with Gasteiger partial charge in [-0.15, -0.1) is 11.6 Å². The molecule has 2 unspecified atom stereocenters. The molecule has 1 aromatic rings. The highest BCUT2D eigenvalue weighted by Gasteiger charge is 2.50. The molecule has 25 heavy (non-hydrogen) atoms. The molecule has 2 heterocycles. The van der Waals surface area contributed by atoms with Crippen LogP contribution in [0.25, 0.3) is 0 Å². The third kappa shape index (κ3) is 4.23. The summed E-state index contributed by atoms with van der Waals surface area (Å²) < 4.78 is 4.67. The Morgan fingerprint density at radius 2 is 2.20 bits per heavy atom. The SMILES string of the molecule is COC(=O)CCCC(Cl)[C@@H]1SCC2NC(=O)N(Cc3ccccc3)[C@@H]21. The molecule has 0 saturated carbocycles. The van der Waals surface area contributed by atoms with Crippen molar-refractivity contribution in [3.8, 4) is 0 Å². The van der Waals surface area contributed by atoms with Crippen LogP contribution in [-0.2, 0) is 16.1 Å². The Labute approximate surface area is 157 Å². The highest BCUT2D eigenvalue weighted by molar-refractivity contribution is 8.00. The van der Waals surface area contributed by atoms with Gasteiger partial charge in [0.1, 0.15) is 0 Å². The minimum atomic E-state index is -0.204. The number of hydrogen-bond donors (Lipinski definition) is 1. The fraction of sp³-hybridized carbons (Fsp3) is 0.556. The van der Waals surface area contributed by atoms with Crippen LogP contribution in [0.3, 0.4) is 0 Å². The molecule has 2 saturated heterocycles. The van der Waals surface area contributed by atoms with E-state index in [1.807, 2.05) is 47.0 Å². The quantitative estimate of drug-likeness (QED) is 0.447. The standard InChI is InChI=1S/C18H23ClN2O3S/c1-24-15(22)9-5-8-13(19)17-16-14(11-25-17)20-18(23)21(16)10-12-6-3-2-4-7-12/h2-4,6-7,13-14,16-17H,5,8-11H2,1H3,(H,20,23)/t13?,14?,16-,17-/m0/s1. The zero-order chi connectivity index (χ0) is 17.8. The van der Waals surface area contributed by atoms with Gasteiger partial charge in [0.15, 0.2) is 0 Å². The Hall–Kier alpha value is -1.40. The second kappa shape index (κ2) is 8.32. The first-order valence-corrected chi connectivity index (χ1v) is 10.0. The lowest BCUT2D eigenvalue weighted by atomic mass is 10.0. The maximum Gasteiger partial charge on any atom is 0.318 e. The topological polar surface area (TPSA) is 58.6 Å². The normalized spacial score (nSPS) is 26.2. The molecule has 4 atom stereocenters. The maximum absolute atomic E-state index is 12.4. The minimum Gasteiger partial charge on any atom is -0.469 e. The van der Waals surface area contributed by atoms with E-state index in [4.69, 9.17) is 11.6 Å². The molecular formula is C18H23ClN2O3S. The lowest BCUT2D eigenvalue weighted by molar-refractivity contribution is -0.140. The summed E-state index contributed by atoms with van der Waals surface area (Å²) >= 11 is 8.48. The lowest BCUT2D eigenvalue weighted by Gasteiger charge is -2.30. The molecular weight excluding hydrogens is 360 g/mol. The van der Waals surface area contributed by atoms with Gasteiger partial charge in [0.25, 0.3) is 0 Å². The number of carbonyl (C=O) groups excluding carboxylic acids is 2. The van der Waals surface area contributed by atoms with Gasteiger partial charge in [0.2, 0.25) is 0 Å². The van der Waals surface area contributed by atoms with Crippen LogP contribution >= 0.6 is 23.4 Å². The molecule has 3 rings (SSSR count). The molecule has 0 radical (unpaired) electrons. The third-order valence-corrected chi connectivity index (χ3v) is 6.97. The van der Waals surface area contributed by atoms with Crippen LogP contribution in [0.1, 0.15) is 24.8 Å². The van der Waals surface area contributed by atoms with Crippen LogP contribution in [0.15, 0.2) is 30.3 Å². The molecule has 2 fully saturated rings. The van der Waals surface area contributed by atoms with Crippen molar-refractivity contribution in [3.63, 3.8) is 0 Å². The molecule has 0 aromatic heterocycles. The van der Waals surface area contributed by atoms with Gasteiger partial charge in [0.05, 0.1) is 19.2 Å². The van der Waals surface area contributed by atoms with Crippen LogP contribution in [-0.4, -0.2) is 52.5 Å². The number of thioether (sulfide) groups is 1. The van der Waals surface area contributed by atoms with E-state index in [0.717, 1.165) is 17.7 Å². The van der Waals surface area contributed by atoms with E-state index >= 15 is 0 Å². The number of nitrogens with zero attached hydrogens (tertiary/aromatic N) is 1. The number of nitrogens with one attached hydrogen (secondary N) is 1. The molecule has 2 aliphatic rings. The number of ether oxygens (including phenoxy) is 1. The Balaban J connectivity index is 1.63. The van der Waals surface area contributed by atoms with Crippen LogP contribution in [0, 0.1) is 0 Å². The number of hydrogen-bond acceptors (Lipinski definition) is 4. The number of rotatable bonds is 7. The van der Waals surface area contributed by atoms with Gasteiger partial charge in [-0.05, 0) is 18.4 Å². The number of amides is 2. The lowest BCUT2D eigenvalue weighted by Crippen LogP contribution is -2.43. The van der Waals surface area contributed by atoms with E-state index < -0.39 is 0 Å². The van der Waals surface area contributed by atoms with Crippen molar-refractivity contribution in [3.05, 3.63) is 35.9 Å². The summed E-state index contributed by atoms with van der Waals surface area (Å²) in [5.41, 5.74) is 1.12. The van der Waals surface area contributed by atoms with Crippen molar-refractivity contribution in [1.82, 2.24) is 10.2 Å². The molecule has 0 spiro atoms. The fourth-order valence-corrected chi connectivity index (χ4v) is 5.63. The smallest absolute Gasteiger partial charge is 0.318 e. The van der Waals surface area contributed by atoms with E-state index in [2.05, 4.69) is 10.1 Å². The number of esters is 1. The van der Waals surface area contributed by atoms with Crippen molar-refractivity contribution < 1.29 is 14.3 Å². The van der Waals surface area contributed by atoms with Crippen LogP contribution in [0.4, 0.5) is 4.79 Å². The number of fused-ring (bicyclic) bond motifs is 1. The molecule has 0 bridgehead atoms. The van der Waals surface area contributed by atoms with Crippen molar-refractivity contribution in [2.24, 2.45) is 0 Å². The summed E-state index contributed by atoms with van der Waals surface area (Å²) in [6, 6.07) is 10.2. The molecule has 136 valence electrons. The number of carbonyl (C=O) groups is 2.